The molecule has 2 rings (SSSR count). The Morgan fingerprint density at radius 1 is 1.06 bits per heavy atom. The van der Waals surface area contributed by atoms with E-state index < -0.39 is 11.9 Å². The van der Waals surface area contributed by atoms with Crippen LogP contribution in [0.2, 0.25) is 0 Å². The summed E-state index contributed by atoms with van der Waals surface area (Å²) in [6.07, 6.45) is 2.58. The molecular weight excluding hydrogens is 224 g/mol. The van der Waals surface area contributed by atoms with Gasteiger partial charge in [-0.3, -0.25) is 10.8 Å². The Bertz CT molecular complexity index is 471. The SMILES string of the molecule is NNC(c1cccc(F)c1)c1cncc(F)c1. The van der Waals surface area contributed by atoms with Gasteiger partial charge < -0.3 is 0 Å². The van der Waals surface area contributed by atoms with Gasteiger partial charge in [-0.15, -0.1) is 0 Å². The lowest BCUT2D eigenvalue weighted by Gasteiger charge is -2.16. The Morgan fingerprint density at radius 2 is 1.82 bits per heavy atom. The van der Waals surface area contributed by atoms with E-state index in [1.807, 2.05) is 0 Å². The highest BCUT2D eigenvalue weighted by Gasteiger charge is 2.13. The number of halogens is 2. The third kappa shape index (κ3) is 2.64. The van der Waals surface area contributed by atoms with Crippen LogP contribution in [0.1, 0.15) is 17.2 Å². The number of rotatable bonds is 3. The zero-order chi connectivity index (χ0) is 12.3. The van der Waals surface area contributed by atoms with Crippen LogP contribution >= 0.6 is 0 Å². The van der Waals surface area contributed by atoms with Crippen LogP contribution in [-0.2, 0) is 0 Å². The molecular formula is C12H11F2N3. The minimum Gasteiger partial charge on any atom is -0.271 e. The van der Waals surface area contributed by atoms with Gasteiger partial charge in [0.2, 0.25) is 0 Å². The fraction of sp³-hybridized carbons (Fsp3) is 0.0833. The van der Waals surface area contributed by atoms with E-state index >= 15 is 0 Å². The Hall–Kier alpha value is -1.85. The molecule has 0 aliphatic rings. The first-order chi connectivity index (χ1) is 8.20. The number of nitrogens with two attached hydrogens (primary N) is 1. The molecule has 1 aromatic heterocycles. The average molecular weight is 235 g/mol. The lowest BCUT2D eigenvalue weighted by Crippen LogP contribution is -2.29. The van der Waals surface area contributed by atoms with E-state index in [0.29, 0.717) is 11.1 Å². The molecule has 3 N–H and O–H groups in total. The molecule has 3 nitrogen and oxygen atoms in total. The lowest BCUT2D eigenvalue weighted by atomic mass is 10.0. The van der Waals surface area contributed by atoms with Crippen molar-refractivity contribution >= 4 is 0 Å². The summed E-state index contributed by atoms with van der Waals surface area (Å²) in [5.41, 5.74) is 3.67. The topological polar surface area (TPSA) is 50.9 Å². The van der Waals surface area contributed by atoms with Gasteiger partial charge in [-0.1, -0.05) is 12.1 Å². The summed E-state index contributed by atoms with van der Waals surface area (Å²) >= 11 is 0. The Labute approximate surface area is 97.3 Å². The predicted molar refractivity (Wildman–Crippen MR) is 59.8 cm³/mol. The quantitative estimate of drug-likeness (QED) is 0.631. The van der Waals surface area contributed by atoms with Gasteiger partial charge in [0, 0.05) is 6.20 Å². The zero-order valence-corrected chi connectivity index (χ0v) is 8.90. The van der Waals surface area contributed by atoms with Gasteiger partial charge in [0.1, 0.15) is 11.6 Å². The number of hydrogen-bond acceptors (Lipinski definition) is 3. The monoisotopic (exact) mass is 235 g/mol. The first kappa shape index (κ1) is 11.6. The van der Waals surface area contributed by atoms with Crippen molar-refractivity contribution in [2.24, 2.45) is 5.84 Å². The van der Waals surface area contributed by atoms with Crippen molar-refractivity contribution in [1.29, 1.82) is 0 Å². The summed E-state index contributed by atoms with van der Waals surface area (Å²) in [6, 6.07) is 6.77. The van der Waals surface area contributed by atoms with Crippen LogP contribution in [0.15, 0.2) is 42.7 Å². The summed E-state index contributed by atoms with van der Waals surface area (Å²) < 4.78 is 26.2. The van der Waals surface area contributed by atoms with Crippen molar-refractivity contribution in [3.8, 4) is 0 Å². The molecule has 0 aliphatic heterocycles. The molecule has 0 spiro atoms. The van der Waals surface area contributed by atoms with E-state index in [4.69, 9.17) is 5.84 Å². The number of nitrogens with one attached hydrogen (secondary N) is 1. The van der Waals surface area contributed by atoms with E-state index in [0.717, 1.165) is 6.20 Å². The third-order valence-electron chi connectivity index (χ3n) is 2.41. The van der Waals surface area contributed by atoms with Gasteiger partial charge in [0.15, 0.2) is 0 Å². The smallest absolute Gasteiger partial charge is 0.141 e. The van der Waals surface area contributed by atoms with Gasteiger partial charge >= 0.3 is 0 Å². The molecule has 0 bridgehead atoms. The molecule has 17 heavy (non-hydrogen) atoms. The second-order valence-corrected chi connectivity index (χ2v) is 3.59. The normalized spacial score (nSPS) is 12.4. The molecule has 1 atom stereocenters. The summed E-state index contributed by atoms with van der Waals surface area (Å²) in [7, 11) is 0. The number of hydrazine groups is 1. The molecule has 88 valence electrons. The maximum absolute atomic E-state index is 13.1. The average Bonchev–Trinajstić information content (AvgIpc) is 2.30. The highest BCUT2D eigenvalue weighted by atomic mass is 19.1. The van der Waals surface area contributed by atoms with Crippen molar-refractivity contribution in [2.75, 3.05) is 0 Å². The molecule has 0 saturated heterocycles. The number of aromatic nitrogens is 1. The number of pyridine rings is 1. The summed E-state index contributed by atoms with van der Waals surface area (Å²) in [6.45, 7) is 0. The summed E-state index contributed by atoms with van der Waals surface area (Å²) in [4.78, 5) is 3.74. The standard InChI is InChI=1S/C12H11F2N3/c13-10-3-1-2-8(4-10)12(17-15)9-5-11(14)7-16-6-9/h1-7,12,17H,15H2. The Balaban J connectivity index is 2.40. The van der Waals surface area contributed by atoms with Crippen LogP contribution in [0.5, 0.6) is 0 Å². The van der Waals surface area contributed by atoms with E-state index in [9.17, 15) is 8.78 Å². The molecule has 2 aromatic rings. The molecule has 0 fully saturated rings. The maximum atomic E-state index is 13.1. The van der Waals surface area contributed by atoms with Gasteiger partial charge in [-0.2, -0.15) is 0 Å². The molecule has 0 saturated carbocycles. The Kier molecular flexibility index (Phi) is 3.41. The lowest BCUT2D eigenvalue weighted by molar-refractivity contribution is 0.590. The first-order valence-electron chi connectivity index (χ1n) is 5.03. The minimum absolute atomic E-state index is 0.368. The van der Waals surface area contributed by atoms with E-state index in [1.165, 1.54) is 24.4 Å². The van der Waals surface area contributed by atoms with Crippen LogP contribution < -0.4 is 11.3 Å². The van der Waals surface area contributed by atoms with Gasteiger partial charge in [0.05, 0.1) is 12.2 Å². The number of benzene rings is 1. The van der Waals surface area contributed by atoms with Crippen LogP contribution in [0.4, 0.5) is 8.78 Å². The Morgan fingerprint density at radius 3 is 2.47 bits per heavy atom. The van der Waals surface area contributed by atoms with Crippen molar-refractivity contribution in [3.05, 3.63) is 65.5 Å². The highest BCUT2D eigenvalue weighted by Crippen LogP contribution is 2.21. The molecule has 0 amide bonds. The number of hydrogen-bond donors (Lipinski definition) is 2. The van der Waals surface area contributed by atoms with Crippen molar-refractivity contribution < 1.29 is 8.78 Å². The highest BCUT2D eigenvalue weighted by molar-refractivity contribution is 5.30. The van der Waals surface area contributed by atoms with Crippen LogP contribution in [0, 0.1) is 11.6 Å². The van der Waals surface area contributed by atoms with E-state index in [2.05, 4.69) is 10.4 Å². The molecule has 1 heterocycles. The molecule has 0 aliphatic carbocycles. The van der Waals surface area contributed by atoms with Gasteiger partial charge in [0.25, 0.3) is 0 Å². The van der Waals surface area contributed by atoms with Crippen molar-refractivity contribution in [3.63, 3.8) is 0 Å². The van der Waals surface area contributed by atoms with E-state index in [-0.39, 0.29) is 5.82 Å². The fourth-order valence-corrected chi connectivity index (χ4v) is 1.66. The van der Waals surface area contributed by atoms with Crippen molar-refractivity contribution in [2.45, 2.75) is 6.04 Å². The van der Waals surface area contributed by atoms with Gasteiger partial charge in [-0.05, 0) is 29.3 Å². The second-order valence-electron chi connectivity index (χ2n) is 3.59. The number of nitrogens with zero attached hydrogens (tertiary/aromatic N) is 1. The molecule has 1 unspecified atom stereocenters. The minimum atomic E-state index is -0.492. The summed E-state index contributed by atoms with van der Waals surface area (Å²) in [5.74, 6) is 4.59. The van der Waals surface area contributed by atoms with E-state index in [1.54, 1.807) is 12.1 Å². The fourth-order valence-electron chi connectivity index (χ4n) is 1.66. The molecule has 1 aromatic carbocycles. The zero-order valence-electron chi connectivity index (χ0n) is 8.90. The summed E-state index contributed by atoms with van der Waals surface area (Å²) in [5, 5.41) is 0. The maximum Gasteiger partial charge on any atom is 0.141 e. The molecule has 5 heteroatoms. The van der Waals surface area contributed by atoms with Crippen LogP contribution in [0.25, 0.3) is 0 Å². The second kappa shape index (κ2) is 4.99. The van der Waals surface area contributed by atoms with Gasteiger partial charge in [-0.25, -0.2) is 14.2 Å². The first-order valence-corrected chi connectivity index (χ1v) is 5.03. The largest absolute Gasteiger partial charge is 0.271 e. The predicted octanol–water partition coefficient (Wildman–Crippen LogP) is 1.91. The molecule has 0 radical (unpaired) electrons. The van der Waals surface area contributed by atoms with Crippen LogP contribution in [-0.4, -0.2) is 4.98 Å². The van der Waals surface area contributed by atoms with Crippen molar-refractivity contribution in [1.82, 2.24) is 10.4 Å². The third-order valence-corrected chi connectivity index (χ3v) is 2.41. The van der Waals surface area contributed by atoms with Crippen LogP contribution in [0.3, 0.4) is 0 Å².